The lowest BCUT2D eigenvalue weighted by Crippen LogP contribution is -2.31. The van der Waals surface area contributed by atoms with Crippen LogP contribution in [0.15, 0.2) is 41.3 Å². The van der Waals surface area contributed by atoms with Gasteiger partial charge in [0.25, 0.3) is 0 Å². The smallest absolute Gasteiger partial charge is 0.241 e. The summed E-state index contributed by atoms with van der Waals surface area (Å²) in [4.78, 5) is 14.8. The molecule has 0 saturated heterocycles. The van der Waals surface area contributed by atoms with Crippen LogP contribution in [0.1, 0.15) is 16.7 Å². The van der Waals surface area contributed by atoms with Crippen molar-refractivity contribution in [3.8, 4) is 12.1 Å². The molecule has 1 amide bonds. The van der Waals surface area contributed by atoms with E-state index in [4.69, 9.17) is 5.26 Å². The fraction of sp³-hybridized carbons (Fsp3) is 0.118. The van der Waals surface area contributed by atoms with Crippen molar-refractivity contribution in [2.45, 2.75) is 11.8 Å². The van der Waals surface area contributed by atoms with Crippen LogP contribution in [0.3, 0.4) is 0 Å². The number of carbonyl (C=O) groups is 1. The quantitative estimate of drug-likeness (QED) is 0.808. The van der Waals surface area contributed by atoms with E-state index in [0.717, 1.165) is 16.1 Å². The highest BCUT2D eigenvalue weighted by Gasteiger charge is 2.27. The van der Waals surface area contributed by atoms with Crippen molar-refractivity contribution in [2.24, 2.45) is 0 Å². The molecule has 22 heavy (non-hydrogen) atoms. The molecule has 106 valence electrons. The number of rotatable bonds is 1. The molecule has 0 spiro atoms. The molecule has 0 N–H and O–H groups in total. The van der Waals surface area contributed by atoms with E-state index in [9.17, 15) is 10.1 Å². The SMILES string of the molecule is Cc1ccc(N2C(=O)CSc3cc(C#N)c(C#N)cc32)cc1. The monoisotopic (exact) mass is 305 g/mol. The van der Waals surface area contributed by atoms with E-state index >= 15 is 0 Å². The standard InChI is InChI=1S/C17H11N3OS/c1-11-2-4-14(5-3-11)20-15-6-12(8-18)13(9-19)7-16(15)22-10-17(20)21/h2-7H,10H2,1H3. The molecule has 1 aliphatic rings. The molecule has 1 heterocycles. The van der Waals surface area contributed by atoms with Gasteiger partial charge < -0.3 is 0 Å². The number of hydrogen-bond acceptors (Lipinski definition) is 4. The summed E-state index contributed by atoms with van der Waals surface area (Å²) >= 11 is 1.40. The van der Waals surface area contributed by atoms with Crippen LogP contribution in [0.25, 0.3) is 0 Å². The van der Waals surface area contributed by atoms with Gasteiger partial charge in [-0.25, -0.2) is 0 Å². The minimum Gasteiger partial charge on any atom is -0.279 e. The van der Waals surface area contributed by atoms with Crippen LogP contribution in [0.5, 0.6) is 0 Å². The van der Waals surface area contributed by atoms with E-state index in [2.05, 4.69) is 0 Å². The van der Waals surface area contributed by atoms with Crippen LogP contribution in [-0.2, 0) is 4.79 Å². The Balaban J connectivity index is 2.19. The van der Waals surface area contributed by atoms with Gasteiger partial charge in [0.05, 0.1) is 22.6 Å². The van der Waals surface area contributed by atoms with E-state index in [1.165, 1.54) is 11.8 Å². The Labute approximate surface area is 132 Å². The Morgan fingerprint density at radius 2 is 1.73 bits per heavy atom. The third-order valence-electron chi connectivity index (χ3n) is 3.47. The molecule has 0 aromatic heterocycles. The van der Waals surface area contributed by atoms with Crippen molar-refractivity contribution in [1.82, 2.24) is 0 Å². The van der Waals surface area contributed by atoms with Gasteiger partial charge in [0.1, 0.15) is 12.1 Å². The second kappa shape index (κ2) is 5.55. The van der Waals surface area contributed by atoms with Gasteiger partial charge >= 0.3 is 0 Å². The number of fused-ring (bicyclic) bond motifs is 1. The maximum Gasteiger partial charge on any atom is 0.241 e. The lowest BCUT2D eigenvalue weighted by Gasteiger charge is -2.29. The van der Waals surface area contributed by atoms with E-state index in [1.807, 2.05) is 43.3 Å². The molecule has 0 unspecified atom stereocenters. The Bertz CT molecular complexity index is 844. The van der Waals surface area contributed by atoms with Gasteiger partial charge in [0, 0.05) is 10.6 Å². The Kier molecular flexibility index (Phi) is 3.58. The minimum atomic E-state index is -0.0325. The number of hydrogen-bond donors (Lipinski definition) is 0. The van der Waals surface area contributed by atoms with Crippen molar-refractivity contribution in [3.63, 3.8) is 0 Å². The molecule has 5 heteroatoms. The van der Waals surface area contributed by atoms with Gasteiger partial charge in [-0.2, -0.15) is 10.5 Å². The van der Waals surface area contributed by atoms with Crippen molar-refractivity contribution >= 4 is 29.0 Å². The highest BCUT2D eigenvalue weighted by atomic mass is 32.2. The van der Waals surface area contributed by atoms with Gasteiger partial charge in [-0.3, -0.25) is 9.69 Å². The van der Waals surface area contributed by atoms with E-state index in [0.29, 0.717) is 17.0 Å². The van der Waals surface area contributed by atoms with Gasteiger partial charge in [0.15, 0.2) is 0 Å². The summed E-state index contributed by atoms with van der Waals surface area (Å²) in [5.74, 6) is 0.285. The Hall–Kier alpha value is -2.76. The summed E-state index contributed by atoms with van der Waals surface area (Å²) < 4.78 is 0. The maximum absolute atomic E-state index is 12.4. The molecule has 0 atom stereocenters. The second-order valence-corrected chi connectivity index (χ2v) is 5.96. The van der Waals surface area contributed by atoms with Crippen LogP contribution in [-0.4, -0.2) is 11.7 Å². The van der Waals surface area contributed by atoms with E-state index < -0.39 is 0 Å². The molecular formula is C17H11N3OS. The first-order valence-corrected chi connectivity index (χ1v) is 7.63. The molecular weight excluding hydrogens is 294 g/mol. The third-order valence-corrected chi connectivity index (χ3v) is 4.50. The van der Waals surface area contributed by atoms with Gasteiger partial charge in [-0.05, 0) is 31.2 Å². The number of carbonyl (C=O) groups excluding carboxylic acids is 1. The Morgan fingerprint density at radius 3 is 2.36 bits per heavy atom. The average molecular weight is 305 g/mol. The molecule has 2 aromatic rings. The number of nitrogens with zero attached hydrogens (tertiary/aromatic N) is 3. The summed E-state index contributed by atoms with van der Waals surface area (Å²) in [6, 6.07) is 15.0. The van der Waals surface area contributed by atoms with Crippen LogP contribution < -0.4 is 4.90 Å². The van der Waals surface area contributed by atoms with Crippen LogP contribution in [0.4, 0.5) is 11.4 Å². The summed E-state index contributed by atoms with van der Waals surface area (Å²) in [5.41, 5.74) is 3.17. The highest BCUT2D eigenvalue weighted by molar-refractivity contribution is 8.00. The van der Waals surface area contributed by atoms with Crippen LogP contribution in [0, 0.1) is 29.6 Å². The second-order valence-electron chi connectivity index (χ2n) is 4.94. The molecule has 4 nitrogen and oxygen atoms in total. The molecule has 0 aliphatic carbocycles. The van der Waals surface area contributed by atoms with Crippen molar-refractivity contribution < 1.29 is 4.79 Å². The first-order valence-electron chi connectivity index (χ1n) is 6.64. The largest absolute Gasteiger partial charge is 0.279 e. The predicted octanol–water partition coefficient (Wildman–Crippen LogP) is 3.51. The van der Waals surface area contributed by atoms with Gasteiger partial charge in [0.2, 0.25) is 5.91 Å². The first kappa shape index (κ1) is 14.2. The lowest BCUT2D eigenvalue weighted by molar-refractivity contribution is -0.115. The number of benzene rings is 2. The normalized spacial score (nSPS) is 13.2. The zero-order valence-corrected chi connectivity index (χ0v) is 12.6. The Morgan fingerprint density at radius 1 is 1.09 bits per heavy atom. The third kappa shape index (κ3) is 2.32. The van der Waals surface area contributed by atoms with Gasteiger partial charge in [-0.15, -0.1) is 11.8 Å². The summed E-state index contributed by atoms with van der Waals surface area (Å²) in [6.45, 7) is 1.98. The predicted molar refractivity (Wildman–Crippen MR) is 84.9 cm³/mol. The molecule has 1 aliphatic heterocycles. The average Bonchev–Trinajstić information content (AvgIpc) is 2.54. The highest BCUT2D eigenvalue weighted by Crippen LogP contribution is 2.41. The summed E-state index contributed by atoms with van der Waals surface area (Å²) in [6.07, 6.45) is 0. The number of thioether (sulfide) groups is 1. The zero-order chi connectivity index (χ0) is 15.7. The van der Waals surface area contributed by atoms with E-state index in [1.54, 1.807) is 17.0 Å². The lowest BCUT2D eigenvalue weighted by atomic mass is 10.1. The van der Waals surface area contributed by atoms with Crippen LogP contribution in [0.2, 0.25) is 0 Å². The van der Waals surface area contributed by atoms with Crippen LogP contribution >= 0.6 is 11.8 Å². The molecule has 3 rings (SSSR count). The first-order chi connectivity index (χ1) is 10.6. The number of anilines is 2. The molecule has 0 radical (unpaired) electrons. The summed E-state index contributed by atoms with van der Waals surface area (Å²) in [7, 11) is 0. The zero-order valence-electron chi connectivity index (χ0n) is 11.8. The number of nitriles is 2. The van der Waals surface area contributed by atoms with E-state index in [-0.39, 0.29) is 11.5 Å². The maximum atomic E-state index is 12.4. The molecule has 0 fully saturated rings. The number of aryl methyl sites for hydroxylation is 1. The molecule has 2 aromatic carbocycles. The van der Waals surface area contributed by atoms with Crippen molar-refractivity contribution in [1.29, 1.82) is 10.5 Å². The topological polar surface area (TPSA) is 67.9 Å². The number of amides is 1. The summed E-state index contributed by atoms with van der Waals surface area (Å²) in [5, 5.41) is 18.3. The van der Waals surface area contributed by atoms with Gasteiger partial charge in [-0.1, -0.05) is 17.7 Å². The minimum absolute atomic E-state index is 0.0325. The van der Waals surface area contributed by atoms with Crippen molar-refractivity contribution in [2.75, 3.05) is 10.7 Å². The fourth-order valence-electron chi connectivity index (χ4n) is 2.36. The molecule has 0 saturated carbocycles. The van der Waals surface area contributed by atoms with Crippen molar-refractivity contribution in [3.05, 3.63) is 53.1 Å². The fourth-order valence-corrected chi connectivity index (χ4v) is 3.27. The molecule has 0 bridgehead atoms.